The second-order valence-electron chi connectivity index (χ2n) is 6.91. The summed E-state index contributed by atoms with van der Waals surface area (Å²) in [6.45, 7) is 1.21. The standard InChI is InChI=1S/C20H18FN3O6/c1-11-2-5-15(8-16(11)21)23-9-14(7-18(23)25)20(27)30-10-13-4-3-12(19(22)26)6-17(13)24(28)29/h2-6,8,14H,7,9-10H2,1H3,(H2,22,26). The van der Waals surface area contributed by atoms with E-state index in [0.29, 0.717) is 11.3 Å². The van der Waals surface area contributed by atoms with Gasteiger partial charge in [0.1, 0.15) is 12.4 Å². The molecule has 1 atom stereocenters. The zero-order chi connectivity index (χ0) is 22.0. The lowest BCUT2D eigenvalue weighted by atomic mass is 10.1. The molecule has 2 aromatic rings. The number of nitro benzene ring substituents is 1. The molecule has 0 aromatic heterocycles. The summed E-state index contributed by atoms with van der Waals surface area (Å²) >= 11 is 0. The Morgan fingerprint density at radius 2 is 2.03 bits per heavy atom. The number of benzene rings is 2. The number of nitrogens with two attached hydrogens (primary N) is 1. The van der Waals surface area contributed by atoms with Crippen molar-refractivity contribution in [2.45, 2.75) is 20.0 Å². The molecule has 0 saturated carbocycles. The molecule has 2 aromatic carbocycles. The molecule has 1 unspecified atom stereocenters. The number of carbonyl (C=O) groups excluding carboxylic acids is 3. The second-order valence-corrected chi connectivity index (χ2v) is 6.91. The van der Waals surface area contributed by atoms with Crippen LogP contribution in [0, 0.1) is 28.8 Å². The van der Waals surface area contributed by atoms with E-state index in [-0.39, 0.29) is 30.0 Å². The molecule has 1 aliphatic heterocycles. The maximum atomic E-state index is 13.8. The van der Waals surface area contributed by atoms with Crippen molar-refractivity contribution in [3.8, 4) is 0 Å². The highest BCUT2D eigenvalue weighted by molar-refractivity contribution is 5.99. The lowest BCUT2D eigenvalue weighted by Crippen LogP contribution is -2.26. The van der Waals surface area contributed by atoms with Crippen LogP contribution in [0.4, 0.5) is 15.8 Å². The van der Waals surface area contributed by atoms with Gasteiger partial charge in [0, 0.05) is 30.3 Å². The van der Waals surface area contributed by atoms with Gasteiger partial charge in [0.05, 0.1) is 16.4 Å². The number of ether oxygens (including phenoxy) is 1. The number of nitrogens with zero attached hydrogens (tertiary/aromatic N) is 2. The molecule has 9 nitrogen and oxygen atoms in total. The molecule has 0 aliphatic carbocycles. The minimum atomic E-state index is -0.821. The summed E-state index contributed by atoms with van der Waals surface area (Å²) in [5, 5.41) is 11.2. The first kappa shape index (κ1) is 20.9. The molecule has 1 fully saturated rings. The van der Waals surface area contributed by atoms with E-state index in [1.165, 1.54) is 23.1 Å². The van der Waals surface area contributed by atoms with Crippen molar-refractivity contribution >= 4 is 29.2 Å². The highest BCUT2D eigenvalue weighted by atomic mass is 19.1. The predicted molar refractivity (Wildman–Crippen MR) is 103 cm³/mol. The largest absolute Gasteiger partial charge is 0.460 e. The van der Waals surface area contributed by atoms with Gasteiger partial charge in [-0.05, 0) is 36.8 Å². The average molecular weight is 415 g/mol. The third-order valence-corrected chi connectivity index (χ3v) is 4.86. The molecular formula is C20H18FN3O6. The quantitative estimate of drug-likeness (QED) is 0.437. The first-order valence-electron chi connectivity index (χ1n) is 8.97. The van der Waals surface area contributed by atoms with Gasteiger partial charge in [0.15, 0.2) is 0 Å². The highest BCUT2D eigenvalue weighted by Gasteiger charge is 2.36. The van der Waals surface area contributed by atoms with Gasteiger partial charge in [-0.25, -0.2) is 4.39 Å². The second kappa shape index (κ2) is 8.27. The summed E-state index contributed by atoms with van der Waals surface area (Å²) in [7, 11) is 0. The molecule has 1 aliphatic rings. The summed E-state index contributed by atoms with van der Waals surface area (Å²) in [4.78, 5) is 47.7. The molecule has 1 saturated heterocycles. The Bertz CT molecular complexity index is 1050. The number of amides is 2. The van der Waals surface area contributed by atoms with E-state index in [9.17, 15) is 28.9 Å². The topological polar surface area (TPSA) is 133 Å². The third-order valence-electron chi connectivity index (χ3n) is 4.86. The van der Waals surface area contributed by atoms with Gasteiger partial charge in [-0.2, -0.15) is 0 Å². The fourth-order valence-corrected chi connectivity index (χ4v) is 3.14. The molecule has 1 heterocycles. The Hall–Kier alpha value is -3.82. The van der Waals surface area contributed by atoms with E-state index in [2.05, 4.69) is 0 Å². The van der Waals surface area contributed by atoms with Crippen LogP contribution in [0.3, 0.4) is 0 Å². The Labute approximate surface area is 170 Å². The van der Waals surface area contributed by atoms with Crippen molar-refractivity contribution in [1.29, 1.82) is 0 Å². The lowest BCUT2D eigenvalue weighted by Gasteiger charge is -2.17. The normalized spacial score (nSPS) is 15.9. The predicted octanol–water partition coefficient (Wildman–Crippen LogP) is 2.24. The van der Waals surface area contributed by atoms with Crippen LogP contribution < -0.4 is 10.6 Å². The fraction of sp³-hybridized carbons (Fsp3) is 0.250. The molecule has 0 radical (unpaired) electrons. The molecule has 2 amide bonds. The van der Waals surface area contributed by atoms with E-state index in [4.69, 9.17) is 10.5 Å². The van der Waals surface area contributed by atoms with E-state index in [0.717, 1.165) is 6.07 Å². The van der Waals surface area contributed by atoms with Crippen molar-refractivity contribution in [3.63, 3.8) is 0 Å². The molecule has 2 N–H and O–H groups in total. The van der Waals surface area contributed by atoms with Crippen LogP contribution in [-0.4, -0.2) is 29.3 Å². The van der Waals surface area contributed by atoms with Crippen molar-refractivity contribution < 1.29 is 28.4 Å². The van der Waals surface area contributed by atoms with Gasteiger partial charge < -0.3 is 15.4 Å². The molecule has 30 heavy (non-hydrogen) atoms. The summed E-state index contributed by atoms with van der Waals surface area (Å²) in [5.74, 6) is -3.12. The summed E-state index contributed by atoms with van der Waals surface area (Å²) in [6.07, 6.45) is -0.114. The van der Waals surface area contributed by atoms with E-state index < -0.39 is 40.8 Å². The number of carbonyl (C=O) groups is 3. The van der Waals surface area contributed by atoms with Crippen molar-refractivity contribution in [1.82, 2.24) is 0 Å². The number of primary amides is 1. The number of rotatable bonds is 6. The number of hydrogen-bond donors (Lipinski definition) is 1. The van der Waals surface area contributed by atoms with Crippen LogP contribution in [0.25, 0.3) is 0 Å². The van der Waals surface area contributed by atoms with Crippen LogP contribution in [0.1, 0.15) is 27.9 Å². The molecule has 3 rings (SSSR count). The maximum absolute atomic E-state index is 13.8. The summed E-state index contributed by atoms with van der Waals surface area (Å²) < 4.78 is 19.0. The van der Waals surface area contributed by atoms with Gasteiger partial charge in [-0.15, -0.1) is 0 Å². The molecule has 156 valence electrons. The minimum Gasteiger partial charge on any atom is -0.460 e. The van der Waals surface area contributed by atoms with E-state index >= 15 is 0 Å². The SMILES string of the molecule is Cc1ccc(N2CC(C(=O)OCc3ccc(C(N)=O)cc3[N+](=O)[O-])CC2=O)cc1F. The van der Waals surface area contributed by atoms with Crippen LogP contribution in [0.2, 0.25) is 0 Å². The first-order chi connectivity index (χ1) is 14.2. The minimum absolute atomic E-state index is 0.0167. The average Bonchev–Trinajstić information content (AvgIpc) is 3.09. The van der Waals surface area contributed by atoms with Gasteiger partial charge in [-0.3, -0.25) is 24.5 Å². The van der Waals surface area contributed by atoms with E-state index in [1.54, 1.807) is 19.1 Å². The summed E-state index contributed by atoms with van der Waals surface area (Å²) in [6, 6.07) is 7.95. The fourth-order valence-electron chi connectivity index (χ4n) is 3.14. The Morgan fingerprint density at radius 3 is 2.67 bits per heavy atom. The van der Waals surface area contributed by atoms with Crippen LogP contribution in [-0.2, 0) is 20.9 Å². The van der Waals surface area contributed by atoms with Crippen LogP contribution in [0.15, 0.2) is 36.4 Å². The highest BCUT2D eigenvalue weighted by Crippen LogP contribution is 2.28. The van der Waals surface area contributed by atoms with Crippen molar-refractivity contribution in [2.24, 2.45) is 11.7 Å². The lowest BCUT2D eigenvalue weighted by molar-refractivity contribution is -0.385. The number of anilines is 1. The van der Waals surface area contributed by atoms with Crippen LogP contribution >= 0.6 is 0 Å². The van der Waals surface area contributed by atoms with Gasteiger partial charge in [0.2, 0.25) is 11.8 Å². The van der Waals surface area contributed by atoms with Crippen LogP contribution in [0.5, 0.6) is 0 Å². The molecular weight excluding hydrogens is 397 g/mol. The molecule has 0 bridgehead atoms. The van der Waals surface area contributed by atoms with Gasteiger partial charge >= 0.3 is 5.97 Å². The Morgan fingerprint density at radius 1 is 1.30 bits per heavy atom. The number of halogens is 1. The third kappa shape index (κ3) is 4.27. The Balaban J connectivity index is 1.68. The maximum Gasteiger partial charge on any atom is 0.311 e. The molecule has 10 heteroatoms. The zero-order valence-corrected chi connectivity index (χ0v) is 16.0. The number of aryl methyl sites for hydroxylation is 1. The van der Waals surface area contributed by atoms with E-state index in [1.807, 2.05) is 0 Å². The number of nitro groups is 1. The Kier molecular flexibility index (Phi) is 5.77. The first-order valence-corrected chi connectivity index (χ1v) is 8.97. The monoisotopic (exact) mass is 415 g/mol. The van der Waals surface area contributed by atoms with Crippen molar-refractivity contribution in [3.05, 3.63) is 69.0 Å². The number of hydrogen-bond acceptors (Lipinski definition) is 6. The van der Waals surface area contributed by atoms with Crippen molar-refractivity contribution in [2.75, 3.05) is 11.4 Å². The molecule has 0 spiro atoms. The zero-order valence-electron chi connectivity index (χ0n) is 16.0. The van der Waals surface area contributed by atoms with Gasteiger partial charge in [0.25, 0.3) is 5.69 Å². The smallest absolute Gasteiger partial charge is 0.311 e. The summed E-state index contributed by atoms with van der Waals surface area (Å²) in [5.41, 5.74) is 5.54. The number of esters is 1. The van der Waals surface area contributed by atoms with Gasteiger partial charge in [-0.1, -0.05) is 6.07 Å².